The second-order valence-electron chi connectivity index (χ2n) is 8.89. The summed E-state index contributed by atoms with van der Waals surface area (Å²) in [6.45, 7) is 6.78. The summed E-state index contributed by atoms with van der Waals surface area (Å²) in [7, 11) is 0. The number of nitrogens with zero attached hydrogens (tertiary/aromatic N) is 2. The van der Waals surface area contributed by atoms with Crippen LogP contribution in [0.2, 0.25) is 0 Å². The van der Waals surface area contributed by atoms with Crippen molar-refractivity contribution in [1.82, 2.24) is 9.55 Å². The van der Waals surface area contributed by atoms with Gasteiger partial charge in [0.15, 0.2) is 5.58 Å². The van der Waals surface area contributed by atoms with E-state index in [2.05, 4.69) is 92.1 Å². The second kappa shape index (κ2) is 6.45. The van der Waals surface area contributed by atoms with Crippen molar-refractivity contribution < 1.29 is 4.42 Å². The van der Waals surface area contributed by atoms with Crippen LogP contribution in [-0.2, 0) is 5.41 Å². The highest BCUT2D eigenvalue weighted by molar-refractivity contribution is 6.20. The van der Waals surface area contributed by atoms with Crippen molar-refractivity contribution in [3.8, 4) is 5.69 Å². The topological polar surface area (TPSA) is 31.0 Å². The minimum absolute atomic E-state index is 0.0744. The van der Waals surface area contributed by atoms with Gasteiger partial charge in [-0.1, -0.05) is 75.4 Å². The van der Waals surface area contributed by atoms with E-state index in [0.717, 1.165) is 61.7 Å². The second-order valence-corrected chi connectivity index (χ2v) is 8.89. The maximum absolute atomic E-state index is 6.58. The van der Waals surface area contributed by atoms with Crippen LogP contribution in [-0.4, -0.2) is 9.55 Å². The summed E-state index contributed by atoms with van der Waals surface area (Å²) in [4.78, 5) is 5.36. The lowest BCUT2D eigenvalue weighted by Crippen LogP contribution is -2.18. The average Bonchev–Trinajstić information content (AvgIpc) is 3.35. The van der Waals surface area contributed by atoms with E-state index in [1.807, 2.05) is 12.1 Å². The first kappa shape index (κ1) is 18.2. The molecule has 0 aliphatic heterocycles. The highest BCUT2D eigenvalue weighted by Gasteiger charge is 2.29. The summed E-state index contributed by atoms with van der Waals surface area (Å²) in [5.74, 6) is 0. The van der Waals surface area contributed by atoms with Gasteiger partial charge in [0.2, 0.25) is 0 Å². The first-order valence-electron chi connectivity index (χ1n) is 10.9. The van der Waals surface area contributed by atoms with Crippen LogP contribution in [0.25, 0.3) is 49.6 Å². The van der Waals surface area contributed by atoms with Crippen LogP contribution < -0.4 is 0 Å². The van der Waals surface area contributed by atoms with E-state index in [0.29, 0.717) is 0 Å². The number of hydrogen-bond acceptors (Lipinski definition) is 2. The number of fused-ring (bicyclic) bond motifs is 7. The number of rotatable bonds is 3. The van der Waals surface area contributed by atoms with E-state index in [1.54, 1.807) is 0 Å². The van der Waals surface area contributed by atoms with Gasteiger partial charge < -0.3 is 8.98 Å². The molecule has 3 aromatic heterocycles. The molecular weight excluding hydrogens is 380 g/mol. The Morgan fingerprint density at radius 1 is 0.839 bits per heavy atom. The van der Waals surface area contributed by atoms with Crippen LogP contribution in [0.1, 0.15) is 32.9 Å². The Bertz CT molecular complexity index is 1590. The molecule has 3 aromatic carbocycles. The molecule has 6 aromatic rings. The third kappa shape index (κ3) is 2.50. The van der Waals surface area contributed by atoms with E-state index in [4.69, 9.17) is 9.40 Å². The van der Waals surface area contributed by atoms with Crippen LogP contribution in [0.5, 0.6) is 0 Å². The minimum atomic E-state index is -0.0744. The Labute approximate surface area is 180 Å². The molecule has 0 saturated carbocycles. The Hall–Kier alpha value is -3.59. The van der Waals surface area contributed by atoms with E-state index in [-0.39, 0.29) is 5.41 Å². The zero-order chi connectivity index (χ0) is 21.2. The van der Waals surface area contributed by atoms with Crippen molar-refractivity contribution >= 4 is 43.9 Å². The fourth-order valence-electron chi connectivity index (χ4n) is 4.66. The molecule has 0 atom stereocenters. The fourth-order valence-corrected chi connectivity index (χ4v) is 4.66. The summed E-state index contributed by atoms with van der Waals surface area (Å²) in [5, 5.41) is 3.42. The summed E-state index contributed by atoms with van der Waals surface area (Å²) in [6, 6.07) is 27.3. The highest BCUT2D eigenvalue weighted by Crippen LogP contribution is 2.43. The van der Waals surface area contributed by atoms with Crippen molar-refractivity contribution in [3.05, 3.63) is 84.6 Å². The average molecular weight is 405 g/mol. The SMILES string of the molecule is CCC(C)(C)c1nc2c3ccccc3n(-c3ccccc3)c2c2oc3ccccc3c12. The third-order valence-corrected chi connectivity index (χ3v) is 6.66. The molecule has 0 spiro atoms. The monoisotopic (exact) mass is 404 g/mol. The molecule has 3 heterocycles. The molecule has 31 heavy (non-hydrogen) atoms. The van der Waals surface area contributed by atoms with E-state index in [9.17, 15) is 0 Å². The minimum Gasteiger partial charge on any atom is -0.454 e. The van der Waals surface area contributed by atoms with Crippen LogP contribution in [0.3, 0.4) is 0 Å². The normalized spacial score (nSPS) is 12.5. The van der Waals surface area contributed by atoms with Crippen molar-refractivity contribution in [3.63, 3.8) is 0 Å². The van der Waals surface area contributed by atoms with Gasteiger partial charge in [0.05, 0.1) is 16.6 Å². The molecular formula is C28H24N2O. The number of benzene rings is 3. The molecule has 0 fully saturated rings. The standard InChI is InChI=1S/C28H24N2O/c1-4-28(2,3)27-23-20-15-9-11-17-22(20)31-26(23)25-24(29-27)19-14-8-10-16-21(19)30(25)18-12-6-5-7-13-18/h5-17H,4H2,1-3H3. The molecule has 6 rings (SSSR count). The Morgan fingerprint density at radius 3 is 2.29 bits per heavy atom. The molecule has 0 aliphatic carbocycles. The summed E-state index contributed by atoms with van der Waals surface area (Å²) in [5.41, 5.74) is 7.15. The van der Waals surface area contributed by atoms with Crippen LogP contribution in [0.15, 0.2) is 83.3 Å². The first-order chi connectivity index (χ1) is 15.1. The molecule has 0 aliphatic rings. The first-order valence-corrected chi connectivity index (χ1v) is 10.9. The van der Waals surface area contributed by atoms with Crippen molar-refractivity contribution in [2.24, 2.45) is 0 Å². The molecule has 3 heteroatoms. The van der Waals surface area contributed by atoms with Gasteiger partial charge in [-0.15, -0.1) is 0 Å². The third-order valence-electron chi connectivity index (χ3n) is 6.66. The molecule has 0 amide bonds. The van der Waals surface area contributed by atoms with E-state index in [1.165, 1.54) is 0 Å². The van der Waals surface area contributed by atoms with Gasteiger partial charge in [0.1, 0.15) is 16.6 Å². The van der Waals surface area contributed by atoms with Gasteiger partial charge >= 0.3 is 0 Å². The van der Waals surface area contributed by atoms with Gasteiger partial charge in [-0.05, 0) is 30.7 Å². The van der Waals surface area contributed by atoms with Crippen molar-refractivity contribution in [2.45, 2.75) is 32.6 Å². The zero-order valence-corrected chi connectivity index (χ0v) is 18.0. The smallest absolute Gasteiger partial charge is 0.163 e. The van der Waals surface area contributed by atoms with Crippen LogP contribution in [0, 0.1) is 0 Å². The summed E-state index contributed by atoms with van der Waals surface area (Å²) >= 11 is 0. The lowest BCUT2D eigenvalue weighted by Gasteiger charge is -2.23. The van der Waals surface area contributed by atoms with Crippen LogP contribution in [0.4, 0.5) is 0 Å². The zero-order valence-electron chi connectivity index (χ0n) is 18.0. The number of aromatic nitrogens is 2. The molecule has 0 unspecified atom stereocenters. The lowest BCUT2D eigenvalue weighted by atomic mass is 9.83. The Balaban J connectivity index is 1.93. The van der Waals surface area contributed by atoms with Gasteiger partial charge in [0, 0.05) is 21.9 Å². The number of furan rings is 1. The Kier molecular flexibility index (Phi) is 3.79. The van der Waals surface area contributed by atoms with E-state index < -0.39 is 0 Å². The summed E-state index contributed by atoms with van der Waals surface area (Å²) < 4.78 is 8.87. The quantitative estimate of drug-likeness (QED) is 0.302. The molecule has 0 saturated heterocycles. The highest BCUT2D eigenvalue weighted by atomic mass is 16.3. The van der Waals surface area contributed by atoms with Gasteiger partial charge in [0.25, 0.3) is 0 Å². The Morgan fingerprint density at radius 2 is 1.52 bits per heavy atom. The number of para-hydroxylation sites is 3. The van der Waals surface area contributed by atoms with Crippen LogP contribution >= 0.6 is 0 Å². The molecule has 0 radical (unpaired) electrons. The predicted molar refractivity (Wildman–Crippen MR) is 129 cm³/mol. The number of pyridine rings is 1. The summed E-state index contributed by atoms with van der Waals surface area (Å²) in [6.07, 6.45) is 0.997. The molecule has 0 bridgehead atoms. The number of hydrogen-bond donors (Lipinski definition) is 0. The molecule has 152 valence electrons. The van der Waals surface area contributed by atoms with Gasteiger partial charge in [-0.25, -0.2) is 4.98 Å². The van der Waals surface area contributed by atoms with Crippen molar-refractivity contribution in [1.29, 1.82) is 0 Å². The molecule has 0 N–H and O–H groups in total. The van der Waals surface area contributed by atoms with Gasteiger partial charge in [-0.2, -0.15) is 0 Å². The maximum atomic E-state index is 6.58. The van der Waals surface area contributed by atoms with E-state index >= 15 is 0 Å². The van der Waals surface area contributed by atoms with Gasteiger partial charge in [-0.3, -0.25) is 0 Å². The lowest BCUT2D eigenvalue weighted by molar-refractivity contribution is 0.497. The predicted octanol–water partition coefficient (Wildman–Crippen LogP) is 7.77. The fraction of sp³-hybridized carbons (Fsp3) is 0.179. The largest absolute Gasteiger partial charge is 0.454 e. The van der Waals surface area contributed by atoms with Crippen molar-refractivity contribution in [2.75, 3.05) is 0 Å². The maximum Gasteiger partial charge on any atom is 0.163 e. The molecule has 3 nitrogen and oxygen atoms in total.